The predicted octanol–water partition coefficient (Wildman–Crippen LogP) is 2.58. The molecule has 0 saturated heterocycles. The second-order valence-corrected chi connectivity index (χ2v) is 7.72. The van der Waals surface area contributed by atoms with Crippen LogP contribution in [0.15, 0.2) is 18.2 Å². The van der Waals surface area contributed by atoms with E-state index in [2.05, 4.69) is 5.32 Å². The first-order valence-electron chi connectivity index (χ1n) is 6.69. The Morgan fingerprint density at radius 2 is 2.00 bits per heavy atom. The monoisotopic (exact) mass is 303 g/mol. The summed E-state index contributed by atoms with van der Waals surface area (Å²) >= 11 is 0. The summed E-state index contributed by atoms with van der Waals surface area (Å²) in [5.74, 6) is -0.985. The average Bonchev–Trinajstić information content (AvgIpc) is 2.80. The van der Waals surface area contributed by atoms with Crippen molar-refractivity contribution in [3.63, 3.8) is 0 Å². The maximum atomic E-state index is 13.7. The van der Waals surface area contributed by atoms with Crippen LogP contribution in [0, 0.1) is 11.6 Å². The van der Waals surface area contributed by atoms with Gasteiger partial charge in [-0.2, -0.15) is 0 Å². The molecule has 20 heavy (non-hydrogen) atoms. The number of sulfone groups is 1. The van der Waals surface area contributed by atoms with Gasteiger partial charge in [0.1, 0.15) is 11.6 Å². The second kappa shape index (κ2) is 5.77. The van der Waals surface area contributed by atoms with Crippen molar-refractivity contribution in [2.45, 2.75) is 43.5 Å². The summed E-state index contributed by atoms with van der Waals surface area (Å²) in [6, 6.07) is 2.67. The van der Waals surface area contributed by atoms with Gasteiger partial charge in [0.25, 0.3) is 0 Å². The zero-order chi connectivity index (χ0) is 14.9. The van der Waals surface area contributed by atoms with E-state index < -0.39 is 32.8 Å². The number of benzene rings is 1. The SMILES string of the molecule is CC(NC1CCCC1S(C)(=O)=O)c1cc(F)ccc1F. The smallest absolute Gasteiger partial charge is 0.151 e. The van der Waals surface area contributed by atoms with Crippen LogP contribution in [-0.2, 0) is 9.84 Å². The molecule has 1 aliphatic carbocycles. The van der Waals surface area contributed by atoms with E-state index in [-0.39, 0.29) is 11.6 Å². The zero-order valence-electron chi connectivity index (χ0n) is 11.6. The molecule has 0 radical (unpaired) electrons. The van der Waals surface area contributed by atoms with E-state index in [9.17, 15) is 17.2 Å². The van der Waals surface area contributed by atoms with Crippen LogP contribution in [-0.4, -0.2) is 26.0 Å². The average molecular weight is 303 g/mol. The van der Waals surface area contributed by atoms with Crippen molar-refractivity contribution in [3.05, 3.63) is 35.4 Å². The Morgan fingerprint density at radius 3 is 2.65 bits per heavy atom. The Hall–Kier alpha value is -1.01. The molecule has 6 heteroatoms. The Labute approximate surface area is 118 Å². The van der Waals surface area contributed by atoms with Gasteiger partial charge in [-0.25, -0.2) is 17.2 Å². The Balaban J connectivity index is 2.15. The number of nitrogens with one attached hydrogen (secondary N) is 1. The maximum Gasteiger partial charge on any atom is 0.151 e. The third kappa shape index (κ3) is 3.35. The molecule has 112 valence electrons. The Morgan fingerprint density at radius 1 is 1.30 bits per heavy atom. The van der Waals surface area contributed by atoms with Crippen LogP contribution in [0.4, 0.5) is 8.78 Å². The topological polar surface area (TPSA) is 46.2 Å². The van der Waals surface area contributed by atoms with Gasteiger partial charge in [0.2, 0.25) is 0 Å². The molecule has 1 fully saturated rings. The molecule has 3 nitrogen and oxygen atoms in total. The lowest BCUT2D eigenvalue weighted by atomic mass is 10.1. The molecule has 1 aliphatic rings. The van der Waals surface area contributed by atoms with Gasteiger partial charge in [0.05, 0.1) is 5.25 Å². The summed E-state index contributed by atoms with van der Waals surface area (Å²) < 4.78 is 50.3. The molecule has 2 rings (SSSR count). The van der Waals surface area contributed by atoms with Crippen molar-refractivity contribution < 1.29 is 17.2 Å². The van der Waals surface area contributed by atoms with Crippen molar-refractivity contribution in [1.82, 2.24) is 5.32 Å². The second-order valence-electron chi connectivity index (χ2n) is 5.46. The van der Waals surface area contributed by atoms with Gasteiger partial charge in [-0.05, 0) is 38.0 Å². The van der Waals surface area contributed by atoms with Crippen molar-refractivity contribution in [2.24, 2.45) is 0 Å². The molecular formula is C14H19F2NO2S. The standard InChI is InChI=1S/C14H19F2NO2S/c1-9(11-8-10(15)6-7-12(11)16)17-13-4-3-5-14(13)20(2,18)19/h6-9,13-14,17H,3-5H2,1-2H3. The molecule has 3 unspecified atom stereocenters. The van der Waals surface area contributed by atoms with Crippen molar-refractivity contribution in [1.29, 1.82) is 0 Å². The highest BCUT2D eigenvalue weighted by Gasteiger charge is 2.35. The van der Waals surface area contributed by atoms with Gasteiger partial charge >= 0.3 is 0 Å². The summed E-state index contributed by atoms with van der Waals surface area (Å²) in [5.41, 5.74) is 0.226. The van der Waals surface area contributed by atoms with E-state index >= 15 is 0 Å². The lowest BCUT2D eigenvalue weighted by molar-refractivity contribution is 0.441. The summed E-state index contributed by atoms with van der Waals surface area (Å²) in [6.45, 7) is 1.72. The van der Waals surface area contributed by atoms with E-state index in [1.54, 1.807) is 6.92 Å². The highest BCUT2D eigenvalue weighted by molar-refractivity contribution is 7.91. The fourth-order valence-electron chi connectivity index (χ4n) is 2.89. The lowest BCUT2D eigenvalue weighted by Gasteiger charge is -2.24. The number of hydrogen-bond acceptors (Lipinski definition) is 3. The van der Waals surface area contributed by atoms with Crippen LogP contribution in [0.1, 0.15) is 37.8 Å². The highest BCUT2D eigenvalue weighted by atomic mass is 32.2. The van der Waals surface area contributed by atoms with Crippen LogP contribution in [0.2, 0.25) is 0 Å². The number of rotatable bonds is 4. The van der Waals surface area contributed by atoms with Gasteiger partial charge in [-0.1, -0.05) is 6.42 Å². The maximum absolute atomic E-state index is 13.7. The minimum absolute atomic E-state index is 0.206. The molecule has 1 aromatic carbocycles. The molecule has 1 aromatic rings. The van der Waals surface area contributed by atoms with E-state index in [0.29, 0.717) is 6.42 Å². The summed E-state index contributed by atoms with van der Waals surface area (Å²) in [6.07, 6.45) is 3.41. The quantitative estimate of drug-likeness (QED) is 0.930. The Kier molecular flexibility index (Phi) is 4.44. The molecular weight excluding hydrogens is 284 g/mol. The molecule has 0 aromatic heterocycles. The summed E-state index contributed by atoms with van der Waals surface area (Å²) in [7, 11) is -3.13. The van der Waals surface area contributed by atoms with Gasteiger partial charge in [0.15, 0.2) is 9.84 Å². The summed E-state index contributed by atoms with van der Waals surface area (Å²) in [4.78, 5) is 0. The third-order valence-corrected chi connectivity index (χ3v) is 5.56. The molecule has 1 N–H and O–H groups in total. The molecule has 1 saturated carbocycles. The van der Waals surface area contributed by atoms with E-state index in [1.165, 1.54) is 6.26 Å². The van der Waals surface area contributed by atoms with Gasteiger partial charge in [-0.3, -0.25) is 0 Å². The molecule has 0 amide bonds. The zero-order valence-corrected chi connectivity index (χ0v) is 12.4. The minimum atomic E-state index is -3.13. The fourth-order valence-corrected chi connectivity index (χ4v) is 4.29. The van der Waals surface area contributed by atoms with Crippen LogP contribution >= 0.6 is 0 Å². The molecule has 0 spiro atoms. The van der Waals surface area contributed by atoms with Crippen LogP contribution < -0.4 is 5.32 Å². The normalized spacial score (nSPS) is 24.8. The van der Waals surface area contributed by atoms with E-state index in [0.717, 1.165) is 31.0 Å². The number of halogens is 2. The number of hydrogen-bond donors (Lipinski definition) is 1. The minimum Gasteiger partial charge on any atom is -0.306 e. The van der Waals surface area contributed by atoms with Crippen LogP contribution in [0.5, 0.6) is 0 Å². The third-order valence-electron chi connectivity index (χ3n) is 3.89. The van der Waals surface area contributed by atoms with Crippen molar-refractivity contribution in [2.75, 3.05) is 6.26 Å². The van der Waals surface area contributed by atoms with Crippen LogP contribution in [0.25, 0.3) is 0 Å². The Bertz CT molecular complexity index is 589. The molecule has 0 aliphatic heterocycles. The predicted molar refractivity (Wildman–Crippen MR) is 74.2 cm³/mol. The highest BCUT2D eigenvalue weighted by Crippen LogP contribution is 2.28. The summed E-state index contributed by atoms with van der Waals surface area (Å²) in [5, 5.41) is 2.69. The first kappa shape index (κ1) is 15.4. The van der Waals surface area contributed by atoms with Gasteiger partial charge in [0, 0.05) is 23.9 Å². The van der Waals surface area contributed by atoms with Gasteiger partial charge < -0.3 is 5.32 Å². The molecule has 0 bridgehead atoms. The lowest BCUT2D eigenvalue weighted by Crippen LogP contribution is -2.41. The largest absolute Gasteiger partial charge is 0.306 e. The van der Waals surface area contributed by atoms with Crippen molar-refractivity contribution in [3.8, 4) is 0 Å². The van der Waals surface area contributed by atoms with Gasteiger partial charge in [-0.15, -0.1) is 0 Å². The van der Waals surface area contributed by atoms with E-state index in [4.69, 9.17) is 0 Å². The van der Waals surface area contributed by atoms with Crippen LogP contribution in [0.3, 0.4) is 0 Å². The van der Waals surface area contributed by atoms with Crippen molar-refractivity contribution >= 4 is 9.84 Å². The molecule has 3 atom stereocenters. The first-order chi connectivity index (χ1) is 9.29. The fraction of sp³-hybridized carbons (Fsp3) is 0.571. The first-order valence-corrected chi connectivity index (χ1v) is 8.64. The molecule has 0 heterocycles. The van der Waals surface area contributed by atoms with E-state index in [1.807, 2.05) is 0 Å².